The molecule has 2 aromatic carbocycles. The SMILES string of the molecule is Cc1nc2cc3c(cc2c(=O)[nH]1)[nH]c1ccccc13. The van der Waals surface area contributed by atoms with E-state index in [0.29, 0.717) is 11.2 Å². The maximum Gasteiger partial charge on any atom is 0.258 e. The summed E-state index contributed by atoms with van der Waals surface area (Å²) in [6.07, 6.45) is 0. The van der Waals surface area contributed by atoms with Crippen LogP contribution < -0.4 is 5.56 Å². The molecule has 4 nitrogen and oxygen atoms in total. The Hall–Kier alpha value is -2.62. The highest BCUT2D eigenvalue weighted by Gasteiger charge is 2.08. The lowest BCUT2D eigenvalue weighted by molar-refractivity contribution is 1.06. The van der Waals surface area contributed by atoms with Crippen LogP contribution in [0.1, 0.15) is 5.82 Å². The van der Waals surface area contributed by atoms with Gasteiger partial charge in [-0.1, -0.05) is 18.2 Å². The topological polar surface area (TPSA) is 61.5 Å². The number of H-pyrrole nitrogens is 2. The van der Waals surface area contributed by atoms with E-state index in [-0.39, 0.29) is 5.56 Å². The highest BCUT2D eigenvalue weighted by atomic mass is 16.1. The van der Waals surface area contributed by atoms with E-state index in [4.69, 9.17) is 0 Å². The second-order valence-electron chi connectivity index (χ2n) is 4.74. The first-order valence-electron chi connectivity index (χ1n) is 6.13. The number of nitrogens with zero attached hydrogens (tertiary/aromatic N) is 1. The molecule has 4 aromatic rings. The van der Waals surface area contributed by atoms with Crippen LogP contribution in [-0.4, -0.2) is 15.0 Å². The van der Waals surface area contributed by atoms with Crippen molar-refractivity contribution in [1.29, 1.82) is 0 Å². The zero-order chi connectivity index (χ0) is 13.0. The average Bonchev–Trinajstić information content (AvgIpc) is 2.74. The van der Waals surface area contributed by atoms with E-state index < -0.39 is 0 Å². The quantitative estimate of drug-likeness (QED) is 0.503. The van der Waals surface area contributed by atoms with E-state index in [1.54, 1.807) is 6.92 Å². The summed E-state index contributed by atoms with van der Waals surface area (Å²) in [7, 11) is 0. The van der Waals surface area contributed by atoms with Crippen molar-refractivity contribution in [3.05, 3.63) is 52.6 Å². The Kier molecular flexibility index (Phi) is 1.87. The molecule has 0 aliphatic carbocycles. The van der Waals surface area contributed by atoms with Crippen molar-refractivity contribution < 1.29 is 0 Å². The van der Waals surface area contributed by atoms with E-state index in [9.17, 15) is 4.79 Å². The molecule has 2 aromatic heterocycles. The van der Waals surface area contributed by atoms with Crippen LogP contribution in [0.3, 0.4) is 0 Å². The normalized spacial score (nSPS) is 11.6. The van der Waals surface area contributed by atoms with Gasteiger partial charge in [0.05, 0.1) is 10.9 Å². The lowest BCUT2D eigenvalue weighted by Gasteiger charge is -1.99. The second kappa shape index (κ2) is 3.45. The molecule has 0 aliphatic heterocycles. The number of hydrogen-bond acceptors (Lipinski definition) is 2. The Morgan fingerprint density at radius 2 is 1.79 bits per heavy atom. The molecule has 0 saturated carbocycles. The van der Waals surface area contributed by atoms with Gasteiger partial charge in [-0.05, 0) is 25.1 Å². The zero-order valence-electron chi connectivity index (χ0n) is 10.3. The molecule has 0 aliphatic rings. The summed E-state index contributed by atoms with van der Waals surface area (Å²) >= 11 is 0. The van der Waals surface area contributed by atoms with E-state index >= 15 is 0 Å². The van der Waals surface area contributed by atoms with Crippen molar-refractivity contribution >= 4 is 32.7 Å². The number of aromatic amines is 2. The fourth-order valence-corrected chi connectivity index (χ4v) is 2.60. The molecule has 0 bridgehead atoms. The van der Waals surface area contributed by atoms with Gasteiger partial charge in [0.2, 0.25) is 0 Å². The van der Waals surface area contributed by atoms with Gasteiger partial charge in [-0.2, -0.15) is 0 Å². The lowest BCUT2D eigenvalue weighted by Crippen LogP contribution is -2.09. The first-order chi connectivity index (χ1) is 9.22. The van der Waals surface area contributed by atoms with Crippen LogP contribution in [0.4, 0.5) is 0 Å². The second-order valence-corrected chi connectivity index (χ2v) is 4.74. The van der Waals surface area contributed by atoms with Gasteiger partial charge in [0.15, 0.2) is 0 Å². The molecule has 4 rings (SSSR count). The third-order valence-electron chi connectivity index (χ3n) is 3.45. The molecule has 0 amide bonds. The minimum atomic E-state index is -0.0944. The van der Waals surface area contributed by atoms with Gasteiger partial charge in [0.25, 0.3) is 5.56 Å². The lowest BCUT2D eigenvalue weighted by atomic mass is 10.1. The molecular weight excluding hydrogens is 238 g/mol. The predicted molar refractivity (Wildman–Crippen MR) is 76.5 cm³/mol. The Labute approximate surface area is 108 Å². The highest BCUT2D eigenvalue weighted by Crippen LogP contribution is 2.27. The molecule has 2 heterocycles. The molecule has 0 spiro atoms. The Balaban J connectivity index is 2.28. The highest BCUT2D eigenvalue weighted by molar-refractivity contribution is 6.11. The molecule has 2 N–H and O–H groups in total. The number of hydrogen-bond donors (Lipinski definition) is 2. The molecule has 0 fully saturated rings. The Bertz CT molecular complexity index is 995. The van der Waals surface area contributed by atoms with Crippen LogP contribution in [0.5, 0.6) is 0 Å². The van der Waals surface area contributed by atoms with E-state index in [2.05, 4.69) is 21.0 Å². The van der Waals surface area contributed by atoms with Gasteiger partial charge in [0, 0.05) is 21.8 Å². The van der Waals surface area contributed by atoms with Crippen molar-refractivity contribution in [2.24, 2.45) is 0 Å². The molecule has 0 saturated heterocycles. The largest absolute Gasteiger partial charge is 0.354 e. The van der Waals surface area contributed by atoms with Crippen molar-refractivity contribution in [1.82, 2.24) is 15.0 Å². The van der Waals surface area contributed by atoms with E-state index in [0.717, 1.165) is 27.3 Å². The van der Waals surface area contributed by atoms with Crippen molar-refractivity contribution in [3.63, 3.8) is 0 Å². The predicted octanol–water partition coefficient (Wildman–Crippen LogP) is 2.87. The fourth-order valence-electron chi connectivity index (χ4n) is 2.60. The van der Waals surface area contributed by atoms with Crippen LogP contribution in [0.25, 0.3) is 32.7 Å². The molecule has 0 atom stereocenters. The van der Waals surface area contributed by atoms with Crippen molar-refractivity contribution in [2.45, 2.75) is 6.92 Å². The number of rotatable bonds is 0. The fraction of sp³-hybridized carbons (Fsp3) is 0.0667. The Morgan fingerprint density at radius 3 is 2.68 bits per heavy atom. The van der Waals surface area contributed by atoms with Crippen molar-refractivity contribution in [2.75, 3.05) is 0 Å². The van der Waals surface area contributed by atoms with E-state index in [1.807, 2.05) is 30.3 Å². The maximum atomic E-state index is 11.9. The monoisotopic (exact) mass is 249 g/mol. The molecule has 0 radical (unpaired) electrons. The molecule has 0 unspecified atom stereocenters. The minimum Gasteiger partial charge on any atom is -0.354 e. The number of para-hydroxylation sites is 1. The van der Waals surface area contributed by atoms with Crippen molar-refractivity contribution in [3.8, 4) is 0 Å². The summed E-state index contributed by atoms with van der Waals surface area (Å²) < 4.78 is 0. The van der Waals surface area contributed by atoms with E-state index in [1.165, 1.54) is 0 Å². The zero-order valence-corrected chi connectivity index (χ0v) is 10.3. The number of nitrogens with one attached hydrogen (secondary N) is 2. The standard InChI is InChI=1S/C15H11N3O/c1-8-16-14-6-10-9-4-2-3-5-12(9)18-13(10)7-11(14)15(19)17-8/h2-7,18H,1H3,(H,16,17,19). The van der Waals surface area contributed by atoms with Gasteiger partial charge < -0.3 is 9.97 Å². The van der Waals surface area contributed by atoms with Gasteiger partial charge in [-0.15, -0.1) is 0 Å². The Morgan fingerprint density at radius 1 is 0.947 bits per heavy atom. The summed E-state index contributed by atoms with van der Waals surface area (Å²) in [5, 5.41) is 2.87. The minimum absolute atomic E-state index is 0.0944. The van der Waals surface area contributed by atoms with Crippen LogP contribution in [0, 0.1) is 6.92 Å². The average molecular weight is 249 g/mol. The number of fused-ring (bicyclic) bond motifs is 4. The summed E-state index contributed by atoms with van der Waals surface area (Å²) in [5.41, 5.74) is 2.67. The third kappa shape index (κ3) is 1.40. The number of aromatic nitrogens is 3. The van der Waals surface area contributed by atoms with Crippen LogP contribution >= 0.6 is 0 Å². The molecule has 92 valence electrons. The van der Waals surface area contributed by atoms with Gasteiger partial charge in [-0.3, -0.25) is 4.79 Å². The van der Waals surface area contributed by atoms with Crippen LogP contribution in [0.2, 0.25) is 0 Å². The smallest absolute Gasteiger partial charge is 0.258 e. The molecular formula is C15H11N3O. The third-order valence-corrected chi connectivity index (χ3v) is 3.45. The molecule has 4 heteroatoms. The summed E-state index contributed by atoms with van der Waals surface area (Å²) in [4.78, 5) is 22.4. The summed E-state index contributed by atoms with van der Waals surface area (Å²) in [6.45, 7) is 1.79. The van der Waals surface area contributed by atoms with Crippen LogP contribution in [0.15, 0.2) is 41.2 Å². The van der Waals surface area contributed by atoms with Gasteiger partial charge in [-0.25, -0.2) is 4.98 Å². The van der Waals surface area contributed by atoms with Gasteiger partial charge >= 0.3 is 0 Å². The summed E-state index contributed by atoms with van der Waals surface area (Å²) in [6, 6.07) is 12.0. The maximum absolute atomic E-state index is 11.9. The molecule has 19 heavy (non-hydrogen) atoms. The number of aryl methyl sites for hydroxylation is 1. The first-order valence-corrected chi connectivity index (χ1v) is 6.13. The first kappa shape index (κ1) is 10.3. The van der Waals surface area contributed by atoms with Gasteiger partial charge in [0.1, 0.15) is 5.82 Å². The number of benzene rings is 2. The summed E-state index contributed by atoms with van der Waals surface area (Å²) in [5.74, 6) is 0.636. The van der Waals surface area contributed by atoms with Crippen LogP contribution in [-0.2, 0) is 0 Å².